The number of isocyanates is 1. The number of carbonyl (C=O) groups excluding carboxylic acids is 1. The Morgan fingerprint density at radius 2 is 1.69 bits per heavy atom. The number of nitrogens with zero attached hydrogens (tertiary/aromatic N) is 1. The maximum absolute atomic E-state index is 10.3. The topological polar surface area (TPSA) is 29.4 Å². The monoisotopic (exact) mass is 219 g/mol. The predicted molar refractivity (Wildman–Crippen MR) is 62.8 cm³/mol. The Morgan fingerprint density at radius 1 is 1.19 bits per heavy atom. The Balaban J connectivity index is 1.75. The Morgan fingerprint density at radius 3 is 2.12 bits per heavy atom. The van der Waals surface area contributed by atoms with Crippen molar-refractivity contribution >= 4 is 6.08 Å². The van der Waals surface area contributed by atoms with Crippen molar-refractivity contribution in [3.05, 3.63) is 0 Å². The second-order valence-corrected chi connectivity index (χ2v) is 6.69. The molecule has 4 bridgehead atoms. The number of hydrogen-bond donors (Lipinski definition) is 0. The van der Waals surface area contributed by atoms with Crippen LogP contribution in [0.15, 0.2) is 4.99 Å². The van der Waals surface area contributed by atoms with Crippen LogP contribution in [0.2, 0.25) is 0 Å². The molecule has 4 saturated carbocycles. The molecule has 0 aromatic rings. The molecule has 4 aliphatic rings. The lowest BCUT2D eigenvalue weighted by Gasteiger charge is -2.57. The third-order valence-corrected chi connectivity index (χ3v) is 5.17. The lowest BCUT2D eigenvalue weighted by Crippen LogP contribution is -2.46. The van der Waals surface area contributed by atoms with Crippen molar-refractivity contribution in [1.29, 1.82) is 0 Å². The van der Waals surface area contributed by atoms with Crippen molar-refractivity contribution in [1.82, 2.24) is 0 Å². The van der Waals surface area contributed by atoms with E-state index in [-0.39, 0.29) is 6.04 Å². The van der Waals surface area contributed by atoms with Gasteiger partial charge in [-0.15, -0.1) is 0 Å². The molecule has 2 nitrogen and oxygen atoms in total. The Labute approximate surface area is 97.5 Å². The average Bonchev–Trinajstić information content (AvgIpc) is 2.13. The minimum atomic E-state index is 0.189. The molecule has 88 valence electrons. The SMILES string of the molecule is CC(CC12CC3CC(CC(C3)C1)C2)N=C=O. The van der Waals surface area contributed by atoms with Gasteiger partial charge in [0.1, 0.15) is 0 Å². The quantitative estimate of drug-likeness (QED) is 0.529. The van der Waals surface area contributed by atoms with Gasteiger partial charge in [0.25, 0.3) is 0 Å². The molecule has 1 unspecified atom stereocenters. The largest absolute Gasteiger partial charge is 0.235 e. The van der Waals surface area contributed by atoms with Crippen LogP contribution in [-0.2, 0) is 4.79 Å². The highest BCUT2D eigenvalue weighted by molar-refractivity contribution is 5.33. The highest BCUT2D eigenvalue weighted by atomic mass is 16.1. The molecule has 0 N–H and O–H groups in total. The fraction of sp³-hybridized carbons (Fsp3) is 0.929. The van der Waals surface area contributed by atoms with Crippen LogP contribution in [0, 0.1) is 23.2 Å². The summed E-state index contributed by atoms with van der Waals surface area (Å²) in [7, 11) is 0. The fourth-order valence-corrected chi connectivity index (χ4v) is 5.30. The van der Waals surface area contributed by atoms with E-state index in [9.17, 15) is 4.79 Å². The summed E-state index contributed by atoms with van der Waals surface area (Å²) in [6.45, 7) is 2.07. The van der Waals surface area contributed by atoms with Crippen LogP contribution in [0.5, 0.6) is 0 Å². The first kappa shape index (κ1) is 10.5. The lowest BCUT2D eigenvalue weighted by molar-refractivity contribution is -0.0594. The van der Waals surface area contributed by atoms with E-state index in [0.717, 1.165) is 24.2 Å². The van der Waals surface area contributed by atoms with Crippen LogP contribution in [0.1, 0.15) is 51.9 Å². The van der Waals surface area contributed by atoms with Gasteiger partial charge in [-0.05, 0) is 75.0 Å². The first-order chi connectivity index (χ1) is 7.69. The zero-order valence-electron chi connectivity index (χ0n) is 10.1. The molecule has 4 aliphatic carbocycles. The van der Waals surface area contributed by atoms with Gasteiger partial charge >= 0.3 is 0 Å². The molecule has 4 rings (SSSR count). The maximum atomic E-state index is 10.3. The van der Waals surface area contributed by atoms with Gasteiger partial charge in [-0.25, -0.2) is 9.79 Å². The van der Waals surface area contributed by atoms with Gasteiger partial charge in [-0.1, -0.05) is 0 Å². The summed E-state index contributed by atoms with van der Waals surface area (Å²) in [5.41, 5.74) is 0.550. The summed E-state index contributed by atoms with van der Waals surface area (Å²) in [6, 6.07) is 0.189. The third kappa shape index (κ3) is 1.73. The minimum Gasteiger partial charge on any atom is -0.211 e. The molecule has 0 heterocycles. The van der Waals surface area contributed by atoms with E-state index < -0.39 is 0 Å². The summed E-state index contributed by atoms with van der Waals surface area (Å²) >= 11 is 0. The molecular formula is C14H21NO. The third-order valence-electron chi connectivity index (χ3n) is 5.17. The van der Waals surface area contributed by atoms with E-state index in [0.29, 0.717) is 5.41 Å². The summed E-state index contributed by atoms with van der Waals surface area (Å²) < 4.78 is 0. The smallest absolute Gasteiger partial charge is 0.211 e. The molecule has 1 atom stereocenters. The van der Waals surface area contributed by atoms with E-state index in [1.54, 1.807) is 6.08 Å². The minimum absolute atomic E-state index is 0.189. The predicted octanol–water partition coefficient (Wildman–Crippen LogP) is 3.32. The van der Waals surface area contributed by atoms with Gasteiger partial charge in [-0.2, -0.15) is 0 Å². The highest BCUT2D eigenvalue weighted by Gasteiger charge is 2.50. The molecule has 4 fully saturated rings. The van der Waals surface area contributed by atoms with E-state index in [2.05, 4.69) is 11.9 Å². The first-order valence-electron chi connectivity index (χ1n) is 6.76. The van der Waals surface area contributed by atoms with Crippen molar-refractivity contribution in [2.24, 2.45) is 28.2 Å². The van der Waals surface area contributed by atoms with Crippen LogP contribution in [-0.4, -0.2) is 12.1 Å². The van der Waals surface area contributed by atoms with Crippen molar-refractivity contribution in [3.8, 4) is 0 Å². The van der Waals surface area contributed by atoms with Crippen LogP contribution in [0.4, 0.5) is 0 Å². The molecule has 0 aromatic heterocycles. The average molecular weight is 219 g/mol. The lowest BCUT2D eigenvalue weighted by atomic mass is 9.48. The summed E-state index contributed by atoms with van der Waals surface area (Å²) in [5, 5.41) is 0. The first-order valence-corrected chi connectivity index (χ1v) is 6.76. The van der Waals surface area contributed by atoms with Crippen molar-refractivity contribution in [3.63, 3.8) is 0 Å². The van der Waals surface area contributed by atoms with Crippen molar-refractivity contribution in [2.45, 2.75) is 57.9 Å². The van der Waals surface area contributed by atoms with E-state index in [4.69, 9.17) is 0 Å². The second-order valence-electron chi connectivity index (χ2n) is 6.69. The zero-order valence-corrected chi connectivity index (χ0v) is 10.1. The molecule has 16 heavy (non-hydrogen) atoms. The summed E-state index contributed by atoms with van der Waals surface area (Å²) in [4.78, 5) is 14.2. The van der Waals surface area contributed by atoms with Gasteiger partial charge in [-0.3, -0.25) is 0 Å². The standard InChI is InChI=1S/C14H21NO/c1-10(15-9-16)5-14-6-11-2-12(7-14)4-13(3-11)8-14/h10-13H,2-8H2,1H3. The van der Waals surface area contributed by atoms with Crippen molar-refractivity contribution in [2.75, 3.05) is 0 Å². The maximum Gasteiger partial charge on any atom is 0.235 e. The second kappa shape index (κ2) is 3.70. The van der Waals surface area contributed by atoms with Gasteiger partial charge in [0.15, 0.2) is 0 Å². The fourth-order valence-electron chi connectivity index (χ4n) is 5.30. The van der Waals surface area contributed by atoms with E-state index >= 15 is 0 Å². The summed E-state index contributed by atoms with van der Waals surface area (Å²) in [6.07, 6.45) is 11.6. The van der Waals surface area contributed by atoms with Gasteiger partial charge in [0.2, 0.25) is 6.08 Å². The number of hydrogen-bond acceptors (Lipinski definition) is 2. The van der Waals surface area contributed by atoms with Crippen molar-refractivity contribution < 1.29 is 4.79 Å². The Bertz CT molecular complexity index is 294. The Hall–Kier alpha value is -0.620. The molecule has 0 radical (unpaired) electrons. The summed E-state index contributed by atoms with van der Waals surface area (Å²) in [5.74, 6) is 3.00. The van der Waals surface area contributed by atoms with E-state index in [1.165, 1.54) is 38.5 Å². The van der Waals surface area contributed by atoms with Gasteiger partial charge in [0.05, 0.1) is 6.04 Å². The molecule has 0 saturated heterocycles. The Kier molecular flexibility index (Phi) is 2.43. The van der Waals surface area contributed by atoms with Gasteiger partial charge < -0.3 is 0 Å². The van der Waals surface area contributed by atoms with Crippen LogP contribution < -0.4 is 0 Å². The van der Waals surface area contributed by atoms with Gasteiger partial charge in [0, 0.05) is 0 Å². The molecule has 0 spiro atoms. The zero-order chi connectivity index (χ0) is 11.2. The highest BCUT2D eigenvalue weighted by Crippen LogP contribution is 2.61. The number of rotatable bonds is 3. The van der Waals surface area contributed by atoms with E-state index in [1.807, 2.05) is 0 Å². The molecule has 0 aliphatic heterocycles. The molecule has 2 heteroatoms. The van der Waals surface area contributed by atoms with Crippen LogP contribution in [0.25, 0.3) is 0 Å². The molecule has 0 aromatic carbocycles. The number of aliphatic imine (C=N–C) groups is 1. The molecular weight excluding hydrogens is 198 g/mol. The van der Waals surface area contributed by atoms with Crippen LogP contribution in [0.3, 0.4) is 0 Å². The van der Waals surface area contributed by atoms with Crippen LogP contribution >= 0.6 is 0 Å². The normalized spacial score (nSPS) is 46.4. The molecule has 0 amide bonds.